The molecule has 0 aliphatic heterocycles. The zero-order valence-electron chi connectivity index (χ0n) is 9.32. The summed E-state index contributed by atoms with van der Waals surface area (Å²) in [4.78, 5) is 14.5. The van der Waals surface area contributed by atoms with Crippen molar-refractivity contribution >= 4 is 52.1 Å². The molecule has 1 heterocycles. The van der Waals surface area contributed by atoms with E-state index in [9.17, 15) is 4.79 Å². The Labute approximate surface area is 123 Å². The highest BCUT2D eigenvalue weighted by Crippen LogP contribution is 2.30. The van der Waals surface area contributed by atoms with E-state index in [0.717, 1.165) is 0 Å². The van der Waals surface area contributed by atoms with Crippen LogP contribution in [0.3, 0.4) is 0 Å². The van der Waals surface area contributed by atoms with Crippen LogP contribution in [-0.4, -0.2) is 16.1 Å². The smallest absolute Gasteiger partial charge is 0.354 e. The number of nitrogens with one attached hydrogen (secondary N) is 1. The van der Waals surface area contributed by atoms with Crippen molar-refractivity contribution in [2.24, 2.45) is 0 Å². The molecule has 0 spiro atoms. The average Bonchev–Trinajstić information content (AvgIpc) is 2.34. The lowest BCUT2D eigenvalue weighted by Crippen LogP contribution is -2.02. The Morgan fingerprint density at radius 1 is 1.11 bits per heavy atom. The monoisotopic (exact) mass is 316 g/mol. The van der Waals surface area contributed by atoms with Gasteiger partial charge in [-0.15, -0.1) is 0 Å². The number of aromatic nitrogens is 1. The van der Waals surface area contributed by atoms with Gasteiger partial charge in [0.2, 0.25) is 0 Å². The molecule has 1 aromatic carbocycles. The largest absolute Gasteiger partial charge is 0.477 e. The molecular formula is C12H7Cl3N2O2. The van der Waals surface area contributed by atoms with Gasteiger partial charge in [-0.25, -0.2) is 9.78 Å². The number of pyridine rings is 1. The molecular weight excluding hydrogens is 311 g/mol. The first-order valence-electron chi connectivity index (χ1n) is 5.09. The summed E-state index contributed by atoms with van der Waals surface area (Å²) in [5, 5.41) is 12.7. The van der Waals surface area contributed by atoms with E-state index < -0.39 is 5.97 Å². The third kappa shape index (κ3) is 3.29. The highest BCUT2D eigenvalue weighted by molar-refractivity contribution is 6.36. The van der Waals surface area contributed by atoms with Gasteiger partial charge in [0, 0.05) is 5.02 Å². The van der Waals surface area contributed by atoms with E-state index in [-0.39, 0.29) is 10.8 Å². The second kappa shape index (κ2) is 5.65. The molecule has 19 heavy (non-hydrogen) atoms. The minimum atomic E-state index is -1.14. The molecule has 2 N–H and O–H groups in total. The van der Waals surface area contributed by atoms with E-state index >= 15 is 0 Å². The summed E-state index contributed by atoms with van der Waals surface area (Å²) >= 11 is 17.7. The number of halogens is 3. The number of nitrogens with zero attached hydrogens (tertiary/aromatic N) is 1. The minimum absolute atomic E-state index is 0.0471. The fraction of sp³-hybridized carbons (Fsp3) is 0. The van der Waals surface area contributed by atoms with E-state index in [1.807, 2.05) is 0 Å². The molecule has 0 saturated carbocycles. The first kappa shape index (κ1) is 13.9. The molecule has 0 fully saturated rings. The van der Waals surface area contributed by atoms with Gasteiger partial charge in [0.25, 0.3) is 0 Å². The van der Waals surface area contributed by atoms with E-state index in [0.29, 0.717) is 21.4 Å². The van der Waals surface area contributed by atoms with Crippen LogP contribution in [0.4, 0.5) is 11.4 Å². The summed E-state index contributed by atoms with van der Waals surface area (Å²) < 4.78 is 0. The number of hydrogen-bond acceptors (Lipinski definition) is 3. The molecule has 0 amide bonds. The molecule has 2 rings (SSSR count). The molecule has 0 saturated heterocycles. The Morgan fingerprint density at radius 2 is 1.79 bits per heavy atom. The number of rotatable bonds is 3. The maximum atomic E-state index is 10.7. The second-order valence-electron chi connectivity index (χ2n) is 3.59. The minimum Gasteiger partial charge on any atom is -0.477 e. The van der Waals surface area contributed by atoms with Crippen molar-refractivity contribution in [2.45, 2.75) is 0 Å². The Kier molecular flexibility index (Phi) is 4.14. The van der Waals surface area contributed by atoms with E-state index in [1.54, 1.807) is 18.2 Å². The van der Waals surface area contributed by atoms with Crippen molar-refractivity contribution in [1.82, 2.24) is 4.98 Å². The first-order chi connectivity index (χ1) is 8.97. The predicted molar refractivity (Wildman–Crippen MR) is 76.0 cm³/mol. The van der Waals surface area contributed by atoms with Crippen LogP contribution >= 0.6 is 34.8 Å². The molecule has 4 nitrogen and oxygen atoms in total. The van der Waals surface area contributed by atoms with Crippen molar-refractivity contribution in [2.75, 3.05) is 5.32 Å². The maximum absolute atomic E-state index is 10.7. The second-order valence-corrected chi connectivity index (χ2v) is 4.79. The highest BCUT2D eigenvalue weighted by atomic mass is 35.5. The number of benzene rings is 1. The molecule has 1 aromatic heterocycles. The molecule has 0 unspecified atom stereocenters. The zero-order chi connectivity index (χ0) is 14.0. The zero-order valence-corrected chi connectivity index (χ0v) is 11.6. The Balaban J connectivity index is 2.31. The number of hydrogen-bond donors (Lipinski definition) is 2. The lowest BCUT2D eigenvalue weighted by Gasteiger charge is -2.10. The van der Waals surface area contributed by atoms with Gasteiger partial charge in [-0.3, -0.25) is 0 Å². The van der Waals surface area contributed by atoms with Crippen LogP contribution in [0.1, 0.15) is 10.5 Å². The van der Waals surface area contributed by atoms with Crippen LogP contribution < -0.4 is 5.32 Å². The van der Waals surface area contributed by atoms with Crippen molar-refractivity contribution in [3.05, 3.63) is 51.2 Å². The lowest BCUT2D eigenvalue weighted by atomic mass is 10.3. The molecule has 0 radical (unpaired) electrons. The number of anilines is 2. The van der Waals surface area contributed by atoms with Gasteiger partial charge in [-0.05, 0) is 30.3 Å². The van der Waals surface area contributed by atoms with Gasteiger partial charge < -0.3 is 10.4 Å². The normalized spacial score (nSPS) is 10.3. The third-order valence-electron chi connectivity index (χ3n) is 2.27. The van der Waals surface area contributed by atoms with Crippen molar-refractivity contribution in [1.29, 1.82) is 0 Å². The molecule has 0 aliphatic rings. The first-order valence-corrected chi connectivity index (χ1v) is 6.22. The summed E-state index contributed by atoms with van der Waals surface area (Å²) in [6, 6.07) is 7.80. The average molecular weight is 318 g/mol. The predicted octanol–water partition coefficient (Wildman–Crippen LogP) is 4.48. The van der Waals surface area contributed by atoms with Gasteiger partial charge in [-0.2, -0.15) is 0 Å². The van der Waals surface area contributed by atoms with Crippen molar-refractivity contribution < 1.29 is 9.90 Å². The Morgan fingerprint density at radius 3 is 2.37 bits per heavy atom. The molecule has 2 aromatic rings. The van der Waals surface area contributed by atoms with Gasteiger partial charge in [0.1, 0.15) is 5.69 Å². The standard InChI is InChI=1S/C12H7Cl3N2O2/c13-6-1-2-8(7(14)5-6)16-9-3-4-10(12(18)19)17-11(9)15/h1-5,16H,(H,18,19). The van der Waals surface area contributed by atoms with E-state index in [2.05, 4.69) is 10.3 Å². The molecule has 7 heteroatoms. The third-order valence-corrected chi connectivity index (χ3v) is 3.10. The topological polar surface area (TPSA) is 62.2 Å². The summed E-state index contributed by atoms with van der Waals surface area (Å²) in [7, 11) is 0. The summed E-state index contributed by atoms with van der Waals surface area (Å²) in [6.45, 7) is 0. The fourth-order valence-electron chi connectivity index (χ4n) is 1.38. The lowest BCUT2D eigenvalue weighted by molar-refractivity contribution is 0.0690. The van der Waals surface area contributed by atoms with Crippen molar-refractivity contribution in [3.8, 4) is 0 Å². The van der Waals surface area contributed by atoms with E-state index in [1.165, 1.54) is 12.1 Å². The van der Waals surface area contributed by atoms with Crippen LogP contribution in [0.5, 0.6) is 0 Å². The Bertz CT molecular complexity index is 647. The number of carboxylic acids is 1. The number of carbonyl (C=O) groups is 1. The highest BCUT2D eigenvalue weighted by Gasteiger charge is 2.10. The molecule has 0 bridgehead atoms. The molecule has 98 valence electrons. The van der Waals surface area contributed by atoms with Gasteiger partial charge in [-0.1, -0.05) is 34.8 Å². The maximum Gasteiger partial charge on any atom is 0.354 e. The summed E-state index contributed by atoms with van der Waals surface area (Å²) in [5.41, 5.74) is 0.923. The fourth-order valence-corrected chi connectivity index (χ4v) is 2.04. The molecule has 0 atom stereocenters. The number of carboxylic acid groups (broad SMARTS) is 1. The van der Waals surface area contributed by atoms with Crippen molar-refractivity contribution in [3.63, 3.8) is 0 Å². The van der Waals surface area contributed by atoms with Crippen LogP contribution in [0.2, 0.25) is 15.2 Å². The van der Waals surface area contributed by atoms with Gasteiger partial charge in [0.15, 0.2) is 5.15 Å². The van der Waals surface area contributed by atoms with E-state index in [4.69, 9.17) is 39.9 Å². The molecule has 0 aliphatic carbocycles. The van der Waals surface area contributed by atoms with Gasteiger partial charge in [0.05, 0.1) is 16.4 Å². The van der Waals surface area contributed by atoms with Crippen LogP contribution in [-0.2, 0) is 0 Å². The number of aromatic carboxylic acids is 1. The Hall–Kier alpha value is -1.49. The SMILES string of the molecule is O=C(O)c1ccc(Nc2ccc(Cl)cc2Cl)c(Cl)n1. The van der Waals surface area contributed by atoms with Crippen LogP contribution in [0.15, 0.2) is 30.3 Å². The summed E-state index contributed by atoms with van der Waals surface area (Å²) in [6.07, 6.45) is 0. The van der Waals surface area contributed by atoms with Crippen LogP contribution in [0, 0.1) is 0 Å². The van der Waals surface area contributed by atoms with Crippen LogP contribution in [0.25, 0.3) is 0 Å². The van der Waals surface area contributed by atoms with Gasteiger partial charge >= 0.3 is 5.97 Å². The summed E-state index contributed by atoms with van der Waals surface area (Å²) in [5.74, 6) is -1.14. The quantitative estimate of drug-likeness (QED) is 0.819.